The molecule has 0 aliphatic carbocycles. The van der Waals surface area contributed by atoms with Crippen LogP contribution >= 0.6 is 0 Å². The van der Waals surface area contributed by atoms with Crippen molar-refractivity contribution in [1.82, 2.24) is 18.7 Å². The van der Waals surface area contributed by atoms with Crippen molar-refractivity contribution in [2.24, 2.45) is 0 Å². The first-order chi connectivity index (χ1) is 22.3. The van der Waals surface area contributed by atoms with E-state index in [1.165, 1.54) is 65.4 Å². The molecule has 45 heavy (non-hydrogen) atoms. The summed E-state index contributed by atoms with van der Waals surface area (Å²) in [5, 5.41) is 7.48. The van der Waals surface area contributed by atoms with Crippen LogP contribution in [0.5, 0.6) is 0 Å². The average Bonchev–Trinajstić information content (AvgIpc) is 3.74. The van der Waals surface area contributed by atoms with Crippen LogP contribution in [0.3, 0.4) is 0 Å². The second-order valence-corrected chi connectivity index (χ2v) is 11.7. The van der Waals surface area contributed by atoms with Gasteiger partial charge in [0.1, 0.15) is 0 Å². The maximum Gasteiger partial charge on any atom is 0.0542 e. The van der Waals surface area contributed by atoms with Crippen molar-refractivity contribution in [3.63, 3.8) is 0 Å². The Morgan fingerprint density at radius 1 is 0.289 bits per heavy atom. The highest BCUT2D eigenvalue weighted by Gasteiger charge is 2.18. The molecule has 0 radical (unpaired) electrons. The molecule has 0 aliphatic heterocycles. The summed E-state index contributed by atoms with van der Waals surface area (Å²) in [5.41, 5.74) is 10.6. The van der Waals surface area contributed by atoms with Gasteiger partial charge in [0.2, 0.25) is 0 Å². The predicted molar refractivity (Wildman–Crippen MR) is 187 cm³/mol. The zero-order valence-electron chi connectivity index (χ0n) is 24.3. The third-order valence-electron chi connectivity index (χ3n) is 9.33. The molecule has 4 nitrogen and oxygen atoms in total. The molecule has 4 aromatic heterocycles. The van der Waals surface area contributed by atoms with Gasteiger partial charge < -0.3 is 13.7 Å². The number of nitrogens with zero attached hydrogens (tertiary/aromatic N) is 4. The number of benzene rings is 6. The van der Waals surface area contributed by atoms with E-state index in [4.69, 9.17) is 0 Å². The van der Waals surface area contributed by atoms with E-state index in [2.05, 4.69) is 164 Å². The molecule has 6 aromatic carbocycles. The number of para-hydroxylation sites is 4. The van der Waals surface area contributed by atoms with Crippen LogP contribution in [-0.4, -0.2) is 18.7 Å². The molecule has 4 heterocycles. The summed E-state index contributed by atoms with van der Waals surface area (Å²) in [5.74, 6) is 0. The van der Waals surface area contributed by atoms with Gasteiger partial charge in [-0.2, -0.15) is 0 Å². The van der Waals surface area contributed by atoms with Crippen molar-refractivity contribution in [1.29, 1.82) is 0 Å². The molecule has 0 atom stereocenters. The van der Waals surface area contributed by atoms with Gasteiger partial charge in [-0.15, -0.1) is 0 Å². The first-order valence-electron chi connectivity index (χ1n) is 15.3. The zero-order valence-corrected chi connectivity index (χ0v) is 24.3. The van der Waals surface area contributed by atoms with E-state index in [0.717, 1.165) is 17.1 Å². The van der Waals surface area contributed by atoms with Crippen LogP contribution in [0, 0.1) is 0 Å². The number of pyridine rings is 1. The Bertz CT molecular complexity index is 2480. The van der Waals surface area contributed by atoms with Crippen LogP contribution in [0.25, 0.3) is 82.5 Å². The molecule has 0 bridgehead atoms. The van der Waals surface area contributed by atoms with Gasteiger partial charge >= 0.3 is 0 Å². The normalized spacial score (nSPS) is 12.0. The molecule has 0 saturated heterocycles. The molecule has 0 N–H and O–H groups in total. The molecule has 0 fully saturated rings. The minimum absolute atomic E-state index is 1.10. The Morgan fingerprint density at radius 2 is 0.622 bits per heavy atom. The molecular formula is C41H26N4. The van der Waals surface area contributed by atoms with Gasteiger partial charge in [0, 0.05) is 61.8 Å². The number of fused-ring (bicyclic) bond motifs is 9. The van der Waals surface area contributed by atoms with Crippen LogP contribution in [0.2, 0.25) is 0 Å². The van der Waals surface area contributed by atoms with E-state index in [9.17, 15) is 0 Å². The Hall–Kier alpha value is -6.13. The van der Waals surface area contributed by atoms with E-state index in [0.29, 0.717) is 0 Å². The number of rotatable bonds is 3. The van der Waals surface area contributed by atoms with Crippen LogP contribution in [0.15, 0.2) is 158 Å². The number of aromatic nitrogens is 4. The second-order valence-electron chi connectivity index (χ2n) is 11.7. The maximum atomic E-state index is 4.31. The van der Waals surface area contributed by atoms with Gasteiger partial charge in [-0.3, -0.25) is 4.98 Å². The van der Waals surface area contributed by atoms with E-state index in [-0.39, 0.29) is 0 Å². The van der Waals surface area contributed by atoms with Gasteiger partial charge in [0.15, 0.2) is 0 Å². The molecular weight excluding hydrogens is 548 g/mol. The largest absolute Gasteiger partial charge is 0.309 e. The lowest BCUT2D eigenvalue weighted by Gasteiger charge is -2.10. The van der Waals surface area contributed by atoms with E-state index in [1.807, 2.05) is 12.4 Å². The van der Waals surface area contributed by atoms with Gasteiger partial charge in [-0.05, 0) is 72.8 Å². The monoisotopic (exact) mass is 574 g/mol. The van der Waals surface area contributed by atoms with Crippen LogP contribution < -0.4 is 0 Å². The quantitative estimate of drug-likeness (QED) is 0.206. The molecule has 10 rings (SSSR count). The molecule has 0 spiro atoms. The van der Waals surface area contributed by atoms with Crippen molar-refractivity contribution >= 4 is 65.4 Å². The van der Waals surface area contributed by atoms with Gasteiger partial charge in [0.05, 0.1) is 33.1 Å². The SMILES string of the molecule is c1ccc2c(c1)c1ccccc1n2-c1ccc2c(c1)c1cc(-n3c4ccccc4c4ccccc43)ccc1n2-c1ccncc1. The predicted octanol–water partition coefficient (Wildman–Crippen LogP) is 10.4. The fourth-order valence-electron chi connectivity index (χ4n) is 7.45. The third-order valence-corrected chi connectivity index (χ3v) is 9.33. The lowest BCUT2D eigenvalue weighted by Crippen LogP contribution is -1.96. The van der Waals surface area contributed by atoms with Crippen molar-refractivity contribution in [3.05, 3.63) is 158 Å². The minimum Gasteiger partial charge on any atom is -0.309 e. The Labute approximate surface area is 258 Å². The van der Waals surface area contributed by atoms with E-state index >= 15 is 0 Å². The van der Waals surface area contributed by atoms with Gasteiger partial charge in [-0.25, -0.2) is 0 Å². The van der Waals surface area contributed by atoms with Crippen molar-refractivity contribution in [2.75, 3.05) is 0 Å². The summed E-state index contributed by atoms with van der Waals surface area (Å²) in [6.45, 7) is 0. The molecule has 10 aromatic rings. The summed E-state index contributed by atoms with van der Waals surface area (Å²) in [6.07, 6.45) is 3.73. The Balaban J connectivity index is 1.31. The van der Waals surface area contributed by atoms with E-state index < -0.39 is 0 Å². The standard InChI is InChI=1S/C41H26N4/c1-5-13-36-30(9-1)31-10-2-6-14-37(31)44(36)28-17-19-40-34(25-28)35-26-29(18-20-41(35)43(40)27-21-23-42-24-22-27)45-38-15-7-3-11-32(38)33-12-4-8-16-39(33)45/h1-26H. The minimum atomic E-state index is 1.10. The number of hydrogen-bond acceptors (Lipinski definition) is 1. The average molecular weight is 575 g/mol. The van der Waals surface area contributed by atoms with Crippen molar-refractivity contribution < 1.29 is 0 Å². The highest BCUT2D eigenvalue weighted by molar-refractivity contribution is 6.14. The summed E-state index contributed by atoms with van der Waals surface area (Å²) in [7, 11) is 0. The first-order valence-corrected chi connectivity index (χ1v) is 15.3. The maximum absolute atomic E-state index is 4.31. The highest BCUT2D eigenvalue weighted by atomic mass is 15.0. The van der Waals surface area contributed by atoms with Crippen LogP contribution in [0.1, 0.15) is 0 Å². The Morgan fingerprint density at radius 3 is 1.02 bits per heavy atom. The molecule has 0 unspecified atom stereocenters. The molecule has 0 saturated carbocycles. The first kappa shape index (κ1) is 24.3. The smallest absolute Gasteiger partial charge is 0.0542 e. The second kappa shape index (κ2) is 9.18. The Kier molecular flexibility index (Phi) is 4.96. The van der Waals surface area contributed by atoms with Gasteiger partial charge in [0.25, 0.3) is 0 Å². The summed E-state index contributed by atoms with van der Waals surface area (Å²) in [4.78, 5) is 4.31. The van der Waals surface area contributed by atoms with Crippen molar-refractivity contribution in [2.45, 2.75) is 0 Å². The lowest BCUT2D eigenvalue weighted by atomic mass is 10.1. The van der Waals surface area contributed by atoms with Crippen molar-refractivity contribution in [3.8, 4) is 17.1 Å². The molecule has 0 amide bonds. The van der Waals surface area contributed by atoms with E-state index in [1.54, 1.807) is 0 Å². The third kappa shape index (κ3) is 3.39. The fraction of sp³-hybridized carbons (Fsp3) is 0. The lowest BCUT2D eigenvalue weighted by molar-refractivity contribution is 1.14. The summed E-state index contributed by atoms with van der Waals surface area (Å²) >= 11 is 0. The summed E-state index contributed by atoms with van der Waals surface area (Å²) in [6, 6.07) is 52.8. The molecule has 4 heteroatoms. The molecule has 210 valence electrons. The van der Waals surface area contributed by atoms with Crippen LogP contribution in [-0.2, 0) is 0 Å². The number of hydrogen-bond donors (Lipinski definition) is 0. The molecule has 0 aliphatic rings. The topological polar surface area (TPSA) is 27.7 Å². The van der Waals surface area contributed by atoms with Crippen LogP contribution in [0.4, 0.5) is 0 Å². The van der Waals surface area contributed by atoms with Gasteiger partial charge in [-0.1, -0.05) is 72.8 Å². The highest BCUT2D eigenvalue weighted by Crippen LogP contribution is 2.39. The zero-order chi connectivity index (χ0) is 29.5. The summed E-state index contributed by atoms with van der Waals surface area (Å²) < 4.78 is 7.16. The fourth-order valence-corrected chi connectivity index (χ4v) is 7.45.